The maximum atomic E-state index is 9.90. The van der Waals surface area contributed by atoms with Gasteiger partial charge in [-0.05, 0) is 16.8 Å². The van der Waals surface area contributed by atoms with Gasteiger partial charge in [-0.2, -0.15) is 10.5 Å². The molecular weight excluding hydrogens is 252 g/mol. The Kier molecular flexibility index (Phi) is 3.65. The Hall–Kier alpha value is -3.31. The number of hydrogen-bond acceptors (Lipinski definition) is 5. The van der Waals surface area contributed by atoms with Crippen LogP contribution in [0, 0.1) is 22.7 Å². The second-order valence-electron chi connectivity index (χ2n) is 3.96. The van der Waals surface area contributed by atoms with Gasteiger partial charge in [0, 0.05) is 11.8 Å². The molecule has 96 valence electrons. The summed E-state index contributed by atoms with van der Waals surface area (Å²) in [6.45, 7) is 0. The average Bonchev–Trinajstić information content (AvgIpc) is 2.49. The fraction of sp³-hybridized carbons (Fsp3) is 0. The molecule has 0 aliphatic carbocycles. The number of nitrogens with zero attached hydrogens (tertiary/aromatic N) is 3. The van der Waals surface area contributed by atoms with Crippen LogP contribution in [0.25, 0.3) is 10.8 Å². The maximum absolute atomic E-state index is 9.90. The van der Waals surface area contributed by atoms with Crippen LogP contribution in [0.15, 0.2) is 52.8 Å². The third-order valence-electron chi connectivity index (χ3n) is 2.75. The van der Waals surface area contributed by atoms with Gasteiger partial charge in [0.2, 0.25) is 0 Å². The van der Waals surface area contributed by atoms with Crippen molar-refractivity contribution in [3.05, 3.63) is 53.4 Å². The predicted molar refractivity (Wildman–Crippen MR) is 75.6 cm³/mol. The largest absolute Gasteiger partial charge is 0.507 e. The van der Waals surface area contributed by atoms with Gasteiger partial charge < -0.3 is 10.8 Å². The predicted octanol–water partition coefficient (Wildman–Crippen LogP) is 2.18. The van der Waals surface area contributed by atoms with Gasteiger partial charge in [-0.3, -0.25) is 0 Å². The van der Waals surface area contributed by atoms with Crippen LogP contribution in [-0.2, 0) is 0 Å². The number of phenolic OH excluding ortho intramolecular Hbond substituents is 1. The molecule has 0 fully saturated rings. The van der Waals surface area contributed by atoms with E-state index in [1.807, 2.05) is 24.3 Å². The van der Waals surface area contributed by atoms with Crippen LogP contribution >= 0.6 is 0 Å². The molecule has 5 nitrogen and oxygen atoms in total. The molecule has 0 atom stereocenters. The summed E-state index contributed by atoms with van der Waals surface area (Å²) < 4.78 is 0. The zero-order valence-corrected chi connectivity index (χ0v) is 10.4. The van der Waals surface area contributed by atoms with E-state index < -0.39 is 0 Å². The number of aliphatic imine (C=N–C) groups is 1. The molecule has 3 N–H and O–H groups in total. The van der Waals surface area contributed by atoms with Crippen molar-refractivity contribution in [1.29, 1.82) is 10.5 Å². The number of allylic oxidation sites excluding steroid dienone is 2. The van der Waals surface area contributed by atoms with E-state index in [4.69, 9.17) is 16.3 Å². The Morgan fingerprint density at radius 2 is 1.90 bits per heavy atom. The molecule has 2 aromatic carbocycles. The average molecular weight is 262 g/mol. The third-order valence-corrected chi connectivity index (χ3v) is 2.75. The van der Waals surface area contributed by atoms with Crippen molar-refractivity contribution >= 4 is 17.0 Å². The monoisotopic (exact) mass is 262 g/mol. The minimum absolute atomic E-state index is 0.0419. The molecule has 0 amide bonds. The molecule has 0 saturated carbocycles. The minimum Gasteiger partial charge on any atom is -0.507 e. The van der Waals surface area contributed by atoms with Gasteiger partial charge in [0.15, 0.2) is 5.70 Å². The number of aromatic hydroxyl groups is 1. The summed E-state index contributed by atoms with van der Waals surface area (Å²) >= 11 is 0. The maximum Gasteiger partial charge on any atom is 0.174 e. The van der Waals surface area contributed by atoms with Gasteiger partial charge in [0.1, 0.15) is 23.6 Å². The lowest BCUT2D eigenvalue weighted by molar-refractivity contribution is 0.475. The van der Waals surface area contributed by atoms with Crippen molar-refractivity contribution in [2.45, 2.75) is 0 Å². The lowest BCUT2D eigenvalue weighted by atomic mass is 10.0. The molecule has 0 unspecified atom stereocenters. The number of benzene rings is 2. The lowest BCUT2D eigenvalue weighted by Gasteiger charge is -2.04. The van der Waals surface area contributed by atoms with Crippen molar-refractivity contribution in [2.24, 2.45) is 10.7 Å². The first kappa shape index (κ1) is 13.1. The topological polar surface area (TPSA) is 106 Å². The highest BCUT2D eigenvalue weighted by Crippen LogP contribution is 2.25. The highest BCUT2D eigenvalue weighted by molar-refractivity contribution is 6.02. The zero-order valence-electron chi connectivity index (χ0n) is 10.4. The Labute approximate surface area is 115 Å². The molecule has 5 heteroatoms. The van der Waals surface area contributed by atoms with Crippen LogP contribution in [0.5, 0.6) is 5.75 Å². The molecule has 0 aromatic heterocycles. The summed E-state index contributed by atoms with van der Waals surface area (Å²) in [7, 11) is 0. The second kappa shape index (κ2) is 5.55. The number of rotatable bonds is 2. The second-order valence-corrected chi connectivity index (χ2v) is 3.96. The molecule has 20 heavy (non-hydrogen) atoms. The molecule has 0 spiro atoms. The molecule has 0 bridgehead atoms. The van der Waals surface area contributed by atoms with Crippen molar-refractivity contribution in [1.82, 2.24) is 0 Å². The summed E-state index contributed by atoms with van der Waals surface area (Å²) in [5.41, 5.74) is 5.39. The van der Waals surface area contributed by atoms with Crippen molar-refractivity contribution in [3.63, 3.8) is 0 Å². The smallest absolute Gasteiger partial charge is 0.174 e. The van der Waals surface area contributed by atoms with Crippen molar-refractivity contribution < 1.29 is 5.11 Å². The highest BCUT2D eigenvalue weighted by Gasteiger charge is 2.05. The fourth-order valence-electron chi connectivity index (χ4n) is 1.76. The summed E-state index contributed by atoms with van der Waals surface area (Å²) in [5, 5.41) is 29.2. The van der Waals surface area contributed by atoms with E-state index in [9.17, 15) is 5.11 Å². The van der Waals surface area contributed by atoms with Crippen LogP contribution in [0.3, 0.4) is 0 Å². The Morgan fingerprint density at radius 3 is 2.60 bits per heavy atom. The van der Waals surface area contributed by atoms with E-state index in [2.05, 4.69) is 4.99 Å². The zero-order chi connectivity index (χ0) is 14.5. The van der Waals surface area contributed by atoms with Crippen LogP contribution in [0.4, 0.5) is 0 Å². The molecule has 2 rings (SSSR count). The summed E-state index contributed by atoms with van der Waals surface area (Å²) in [6.07, 6.45) is 1.33. The van der Waals surface area contributed by atoms with Crippen molar-refractivity contribution in [3.8, 4) is 17.9 Å². The quantitative estimate of drug-likeness (QED) is 0.639. The van der Waals surface area contributed by atoms with Crippen LogP contribution in [-0.4, -0.2) is 11.3 Å². The van der Waals surface area contributed by atoms with E-state index >= 15 is 0 Å². The van der Waals surface area contributed by atoms with E-state index in [-0.39, 0.29) is 17.1 Å². The molecular formula is C15H10N4O. The molecule has 0 saturated heterocycles. The lowest BCUT2D eigenvalue weighted by Crippen LogP contribution is -1.97. The number of nitriles is 2. The van der Waals surface area contributed by atoms with Gasteiger partial charge in [-0.25, -0.2) is 4.99 Å². The van der Waals surface area contributed by atoms with E-state index in [1.54, 1.807) is 24.3 Å². The van der Waals surface area contributed by atoms with Gasteiger partial charge in [0.05, 0.1) is 0 Å². The molecule has 0 heterocycles. The molecule has 0 aliphatic heterocycles. The number of hydrogen-bond donors (Lipinski definition) is 2. The highest BCUT2D eigenvalue weighted by atomic mass is 16.3. The van der Waals surface area contributed by atoms with E-state index in [0.29, 0.717) is 5.56 Å². The Balaban J connectivity index is 2.58. The first-order chi connectivity index (χ1) is 9.67. The number of nitrogens with two attached hydrogens (primary N) is 1. The standard InChI is InChI=1S/C15H10N4O/c16-7-13(18)14(8-17)19-9-12-11-4-2-1-3-10(11)5-6-15(12)20/h1-6,9,20H,18H2/b14-13-,19-9?. The van der Waals surface area contributed by atoms with Gasteiger partial charge >= 0.3 is 0 Å². The first-order valence-electron chi connectivity index (χ1n) is 5.72. The normalized spacial score (nSPS) is 11.9. The van der Waals surface area contributed by atoms with Crippen LogP contribution < -0.4 is 5.73 Å². The van der Waals surface area contributed by atoms with Crippen LogP contribution in [0.1, 0.15) is 5.56 Å². The SMILES string of the molecule is N#C/C(N)=C(\C#N)N=Cc1c(O)ccc2ccccc12. The summed E-state index contributed by atoms with van der Waals surface area (Å²) in [5.74, 6) is 0.0419. The summed E-state index contributed by atoms with van der Waals surface area (Å²) in [4.78, 5) is 3.88. The minimum atomic E-state index is -0.261. The first-order valence-corrected chi connectivity index (χ1v) is 5.72. The van der Waals surface area contributed by atoms with Gasteiger partial charge in [0.25, 0.3) is 0 Å². The Morgan fingerprint density at radius 1 is 1.15 bits per heavy atom. The van der Waals surface area contributed by atoms with E-state index in [1.165, 1.54) is 6.21 Å². The molecule has 0 radical (unpaired) electrons. The Bertz CT molecular complexity index is 807. The molecule has 0 aliphatic rings. The molecule has 2 aromatic rings. The number of fused-ring (bicyclic) bond motifs is 1. The van der Waals surface area contributed by atoms with Gasteiger partial charge in [-0.1, -0.05) is 30.3 Å². The summed E-state index contributed by atoms with van der Waals surface area (Å²) in [6, 6.07) is 14.2. The number of phenols is 1. The fourth-order valence-corrected chi connectivity index (χ4v) is 1.76. The van der Waals surface area contributed by atoms with Gasteiger partial charge in [-0.15, -0.1) is 0 Å². The van der Waals surface area contributed by atoms with E-state index in [0.717, 1.165) is 10.8 Å². The third kappa shape index (κ3) is 2.43. The van der Waals surface area contributed by atoms with Crippen molar-refractivity contribution in [2.75, 3.05) is 0 Å². The van der Waals surface area contributed by atoms with Crippen LogP contribution in [0.2, 0.25) is 0 Å².